The fraction of sp³-hybridized carbons (Fsp3) is 0.647. The van der Waals surface area contributed by atoms with Crippen molar-refractivity contribution < 1.29 is 0 Å². The zero-order valence-corrected chi connectivity index (χ0v) is 14.3. The summed E-state index contributed by atoms with van der Waals surface area (Å²) in [4.78, 5) is 0. The predicted octanol–water partition coefficient (Wildman–Crippen LogP) is 5.47. The van der Waals surface area contributed by atoms with Gasteiger partial charge in [-0.2, -0.15) is 0 Å². The summed E-state index contributed by atoms with van der Waals surface area (Å²) in [6.45, 7) is 0. The fourth-order valence-electron chi connectivity index (χ4n) is 4.56. The molecule has 7 rings (SSSR count). The zero-order valence-electron chi connectivity index (χ0n) is 11.2. The highest BCUT2D eigenvalue weighted by atomic mass is 79.9. The minimum atomic E-state index is 0.245. The smallest absolute Gasteiger partial charge is 0.0718 e. The Morgan fingerprint density at radius 3 is 2.26 bits per heavy atom. The lowest BCUT2D eigenvalue weighted by molar-refractivity contribution is 0.240. The highest BCUT2D eigenvalue weighted by molar-refractivity contribution is 9.25. The quantitative estimate of drug-likeness (QED) is 0.521. The maximum atomic E-state index is 4.00. The minimum Gasteiger partial charge on any atom is -0.0718 e. The summed E-state index contributed by atoms with van der Waals surface area (Å²) in [5.74, 6) is 1.80. The lowest BCUT2D eigenvalue weighted by atomic mass is 9.76. The highest BCUT2D eigenvalue weighted by Gasteiger charge is 2.74. The molecule has 0 aliphatic heterocycles. The van der Waals surface area contributed by atoms with E-state index in [1.807, 2.05) is 0 Å². The maximum Gasteiger partial charge on any atom is 0.0899 e. The van der Waals surface area contributed by atoms with Gasteiger partial charge in [-0.25, -0.2) is 0 Å². The van der Waals surface area contributed by atoms with Crippen LogP contribution in [0.15, 0.2) is 24.3 Å². The van der Waals surface area contributed by atoms with Gasteiger partial charge >= 0.3 is 0 Å². The average Bonchev–Trinajstić information content (AvgIpc) is 2.89. The molecule has 2 fully saturated rings. The van der Waals surface area contributed by atoms with Crippen LogP contribution in [-0.4, -0.2) is 3.23 Å². The van der Waals surface area contributed by atoms with Gasteiger partial charge in [0.15, 0.2) is 0 Å². The molecule has 19 heavy (non-hydrogen) atoms. The van der Waals surface area contributed by atoms with Gasteiger partial charge in [-0.1, -0.05) is 56.1 Å². The van der Waals surface area contributed by atoms with Gasteiger partial charge in [0.25, 0.3) is 0 Å². The van der Waals surface area contributed by atoms with E-state index >= 15 is 0 Å². The first-order valence-corrected chi connectivity index (χ1v) is 9.16. The van der Waals surface area contributed by atoms with Crippen molar-refractivity contribution in [2.24, 2.45) is 17.3 Å². The first kappa shape index (κ1) is 12.9. The molecule has 0 aromatic heterocycles. The van der Waals surface area contributed by atoms with Crippen LogP contribution in [0.2, 0.25) is 0 Å². The van der Waals surface area contributed by atoms with Crippen LogP contribution in [0.25, 0.3) is 0 Å². The number of benzene rings is 1. The molecule has 0 N–H and O–H groups in total. The Morgan fingerprint density at radius 2 is 1.58 bits per heavy atom. The van der Waals surface area contributed by atoms with Crippen molar-refractivity contribution in [2.45, 2.75) is 48.2 Å². The molecule has 0 heterocycles. The summed E-state index contributed by atoms with van der Waals surface area (Å²) in [5, 5.41) is 0. The van der Waals surface area contributed by atoms with Gasteiger partial charge < -0.3 is 0 Å². The standard InChI is InChI=1S/C17H20Br2/c18-17(19)15-11-14-6-5-12-1-3-13(4-2-12)7-9-16(15,17)10-8-14/h1-4,14-15H,5-11H2/t14?,15-,16+/m0/s1. The summed E-state index contributed by atoms with van der Waals surface area (Å²) < 4.78 is 0.245. The summed E-state index contributed by atoms with van der Waals surface area (Å²) in [5.41, 5.74) is 3.57. The van der Waals surface area contributed by atoms with Crippen LogP contribution in [0.4, 0.5) is 0 Å². The van der Waals surface area contributed by atoms with Crippen LogP contribution in [0.5, 0.6) is 0 Å². The molecule has 0 radical (unpaired) electrons. The second kappa shape index (κ2) is 4.34. The number of hydrogen-bond acceptors (Lipinski definition) is 0. The number of aryl methyl sites for hydroxylation is 2. The fourth-order valence-corrected chi connectivity index (χ4v) is 6.92. The van der Waals surface area contributed by atoms with E-state index in [2.05, 4.69) is 56.1 Å². The minimum absolute atomic E-state index is 0.245. The van der Waals surface area contributed by atoms with Crippen molar-refractivity contribution in [3.63, 3.8) is 0 Å². The number of halogens is 2. The lowest BCUT2D eigenvalue weighted by Crippen LogP contribution is -2.19. The van der Waals surface area contributed by atoms with Gasteiger partial charge in [0, 0.05) is 5.41 Å². The van der Waals surface area contributed by atoms with Crippen LogP contribution in [0.3, 0.4) is 0 Å². The number of alkyl halides is 2. The van der Waals surface area contributed by atoms with Gasteiger partial charge in [0.1, 0.15) is 0 Å². The van der Waals surface area contributed by atoms with Crippen LogP contribution < -0.4 is 0 Å². The van der Waals surface area contributed by atoms with Crippen molar-refractivity contribution in [1.29, 1.82) is 0 Å². The van der Waals surface area contributed by atoms with Crippen molar-refractivity contribution >= 4 is 31.9 Å². The first-order valence-electron chi connectivity index (χ1n) is 7.57. The topological polar surface area (TPSA) is 0 Å². The molecule has 6 aliphatic carbocycles. The molecule has 0 amide bonds. The van der Waals surface area contributed by atoms with Gasteiger partial charge in [-0.3, -0.25) is 0 Å². The number of hydrogen-bond donors (Lipinski definition) is 0. The zero-order chi connectivity index (χ0) is 13.1. The van der Waals surface area contributed by atoms with Gasteiger partial charge in [-0.15, -0.1) is 0 Å². The van der Waals surface area contributed by atoms with Crippen LogP contribution in [0, 0.1) is 17.3 Å². The molecular weight excluding hydrogens is 364 g/mol. The molecule has 1 aromatic rings. The molecular formula is C17H20Br2. The molecule has 0 saturated heterocycles. The SMILES string of the molecule is BrC1(Br)[C@H]2CC3CCc4ccc(cc4)CC[C@@]21CC3. The predicted molar refractivity (Wildman–Crippen MR) is 86.9 cm³/mol. The van der Waals surface area contributed by atoms with Crippen molar-refractivity contribution in [3.05, 3.63) is 35.4 Å². The third-order valence-corrected chi connectivity index (χ3v) is 8.66. The van der Waals surface area contributed by atoms with E-state index in [1.54, 1.807) is 0 Å². The van der Waals surface area contributed by atoms with E-state index in [0.29, 0.717) is 5.41 Å². The van der Waals surface area contributed by atoms with Crippen molar-refractivity contribution in [1.82, 2.24) is 0 Å². The molecule has 2 saturated carbocycles. The largest absolute Gasteiger partial charge is 0.0899 e. The molecule has 1 spiro atoms. The maximum absolute atomic E-state index is 4.00. The van der Waals surface area contributed by atoms with E-state index in [-0.39, 0.29) is 3.23 Å². The second-order valence-electron chi connectivity index (χ2n) is 6.83. The second-order valence-corrected chi connectivity index (χ2v) is 10.4. The Morgan fingerprint density at radius 1 is 0.895 bits per heavy atom. The van der Waals surface area contributed by atoms with E-state index in [1.165, 1.54) is 56.1 Å². The van der Waals surface area contributed by atoms with Crippen LogP contribution >= 0.6 is 31.9 Å². The van der Waals surface area contributed by atoms with Crippen molar-refractivity contribution in [2.75, 3.05) is 0 Å². The Hall–Kier alpha value is 0.180. The molecule has 102 valence electrons. The van der Waals surface area contributed by atoms with E-state index in [4.69, 9.17) is 0 Å². The summed E-state index contributed by atoms with van der Waals surface area (Å²) in [6, 6.07) is 9.40. The molecule has 1 unspecified atom stereocenters. The van der Waals surface area contributed by atoms with Gasteiger partial charge in [0.05, 0.1) is 3.23 Å². The Bertz CT molecular complexity index is 490. The van der Waals surface area contributed by atoms with Crippen LogP contribution in [-0.2, 0) is 12.8 Å². The lowest BCUT2D eigenvalue weighted by Gasteiger charge is -2.28. The monoisotopic (exact) mass is 382 g/mol. The van der Waals surface area contributed by atoms with Crippen LogP contribution in [0.1, 0.15) is 43.2 Å². The summed E-state index contributed by atoms with van der Waals surface area (Å²) in [7, 11) is 0. The Balaban J connectivity index is 1.67. The van der Waals surface area contributed by atoms with E-state index < -0.39 is 0 Å². The summed E-state index contributed by atoms with van der Waals surface area (Å²) in [6.07, 6.45) is 9.48. The van der Waals surface area contributed by atoms with E-state index in [9.17, 15) is 0 Å². The Labute approximate surface area is 132 Å². The van der Waals surface area contributed by atoms with E-state index in [0.717, 1.165) is 11.8 Å². The molecule has 1 aromatic carbocycles. The van der Waals surface area contributed by atoms with Gasteiger partial charge in [0.2, 0.25) is 0 Å². The highest BCUT2D eigenvalue weighted by Crippen LogP contribution is 2.79. The third kappa shape index (κ3) is 1.89. The molecule has 4 bridgehead atoms. The molecule has 2 heteroatoms. The molecule has 0 nitrogen and oxygen atoms in total. The summed E-state index contributed by atoms with van der Waals surface area (Å²) >= 11 is 8.00. The van der Waals surface area contributed by atoms with Gasteiger partial charge in [-0.05, 0) is 67.9 Å². The Kier molecular flexibility index (Phi) is 2.94. The molecule has 3 atom stereocenters. The van der Waals surface area contributed by atoms with Crippen molar-refractivity contribution in [3.8, 4) is 0 Å². The normalized spacial score (nSPS) is 39.3. The molecule has 6 aliphatic rings. The average molecular weight is 384 g/mol. The first-order chi connectivity index (χ1) is 9.12. The third-order valence-electron chi connectivity index (χ3n) is 5.98. The number of rotatable bonds is 0.